The first-order valence-corrected chi connectivity index (χ1v) is 10.5. The first-order valence-electron chi connectivity index (χ1n) is 10.5. The van der Waals surface area contributed by atoms with E-state index in [1.165, 1.54) is 5.56 Å². The summed E-state index contributed by atoms with van der Waals surface area (Å²) in [5.41, 5.74) is 4.00. The normalized spacial score (nSPS) is 14.8. The molecule has 1 heterocycles. The molecule has 29 heavy (non-hydrogen) atoms. The molecule has 0 saturated carbocycles. The van der Waals surface area contributed by atoms with Crippen molar-refractivity contribution in [2.45, 2.75) is 33.1 Å². The molecule has 0 radical (unpaired) electrons. The van der Waals surface area contributed by atoms with Crippen molar-refractivity contribution in [2.24, 2.45) is 0 Å². The van der Waals surface area contributed by atoms with Crippen LogP contribution in [0.15, 0.2) is 48.5 Å². The van der Waals surface area contributed by atoms with Crippen molar-refractivity contribution in [1.29, 1.82) is 0 Å². The quantitative estimate of drug-likeness (QED) is 0.813. The summed E-state index contributed by atoms with van der Waals surface area (Å²) in [5, 5.41) is 3.05. The van der Waals surface area contributed by atoms with Crippen molar-refractivity contribution in [1.82, 2.24) is 9.80 Å². The average molecular weight is 394 g/mol. The van der Waals surface area contributed by atoms with E-state index in [-0.39, 0.29) is 11.8 Å². The van der Waals surface area contributed by atoms with Crippen LogP contribution < -0.4 is 5.32 Å². The molecule has 0 unspecified atom stereocenters. The van der Waals surface area contributed by atoms with E-state index in [0.29, 0.717) is 38.6 Å². The minimum absolute atomic E-state index is 0.00645. The lowest BCUT2D eigenvalue weighted by Gasteiger charge is -2.34. The number of hydrogen-bond donors (Lipinski definition) is 1. The summed E-state index contributed by atoms with van der Waals surface area (Å²) < 4.78 is 0. The van der Waals surface area contributed by atoms with Crippen molar-refractivity contribution >= 4 is 17.5 Å². The molecule has 0 bridgehead atoms. The molecular weight excluding hydrogens is 362 g/mol. The van der Waals surface area contributed by atoms with Crippen LogP contribution in [0.3, 0.4) is 0 Å². The molecule has 0 aromatic heterocycles. The van der Waals surface area contributed by atoms with Crippen LogP contribution in [0.2, 0.25) is 0 Å². The molecule has 1 aliphatic rings. The van der Waals surface area contributed by atoms with Gasteiger partial charge in [-0.05, 0) is 41.7 Å². The molecule has 0 spiro atoms. The fraction of sp³-hybridized carbons (Fsp3) is 0.417. The van der Waals surface area contributed by atoms with Crippen molar-refractivity contribution in [3.63, 3.8) is 0 Å². The van der Waals surface area contributed by atoms with E-state index < -0.39 is 0 Å². The smallest absolute Gasteiger partial charge is 0.253 e. The zero-order chi connectivity index (χ0) is 20.8. The first-order chi connectivity index (χ1) is 14.0. The number of nitrogens with zero attached hydrogens (tertiary/aromatic N) is 2. The predicted molar refractivity (Wildman–Crippen MR) is 117 cm³/mol. The molecule has 2 amide bonds. The minimum atomic E-state index is -0.00645. The molecule has 1 fully saturated rings. The van der Waals surface area contributed by atoms with Gasteiger partial charge in [-0.25, -0.2) is 0 Å². The number of anilines is 1. The third-order valence-corrected chi connectivity index (χ3v) is 5.49. The number of aryl methyl sites for hydroxylation is 1. The summed E-state index contributed by atoms with van der Waals surface area (Å²) in [5.74, 6) is 0.420. The number of hydrogen-bond acceptors (Lipinski definition) is 3. The van der Waals surface area contributed by atoms with E-state index in [2.05, 4.69) is 37.1 Å². The second-order valence-corrected chi connectivity index (χ2v) is 7.91. The molecule has 5 nitrogen and oxygen atoms in total. The van der Waals surface area contributed by atoms with Crippen molar-refractivity contribution in [2.75, 3.05) is 38.0 Å². The van der Waals surface area contributed by atoms with Gasteiger partial charge in [-0.2, -0.15) is 0 Å². The molecule has 154 valence electrons. The Morgan fingerprint density at radius 2 is 1.62 bits per heavy atom. The number of nitrogens with one attached hydrogen (secondary N) is 1. The predicted octanol–water partition coefficient (Wildman–Crippen LogP) is 3.77. The Kier molecular flexibility index (Phi) is 7.04. The fourth-order valence-electron chi connectivity index (χ4n) is 3.68. The Hall–Kier alpha value is -2.66. The highest BCUT2D eigenvalue weighted by Gasteiger charge is 2.23. The van der Waals surface area contributed by atoms with Crippen LogP contribution in [0.25, 0.3) is 0 Å². The van der Waals surface area contributed by atoms with Gasteiger partial charge in [0.15, 0.2) is 0 Å². The van der Waals surface area contributed by atoms with Crippen molar-refractivity contribution in [3.8, 4) is 0 Å². The molecule has 1 saturated heterocycles. The molecule has 2 aromatic rings. The number of carbonyl (C=O) groups excluding carboxylic acids is 2. The van der Waals surface area contributed by atoms with Crippen LogP contribution in [0.4, 0.5) is 5.69 Å². The van der Waals surface area contributed by atoms with Crippen molar-refractivity contribution < 1.29 is 9.59 Å². The summed E-state index contributed by atoms with van der Waals surface area (Å²) in [6.07, 6.45) is 0.969. The van der Waals surface area contributed by atoms with Gasteiger partial charge in [0.1, 0.15) is 0 Å². The summed E-state index contributed by atoms with van der Waals surface area (Å²) in [6, 6.07) is 15.8. The number of benzene rings is 2. The van der Waals surface area contributed by atoms with Crippen LogP contribution in [-0.4, -0.2) is 54.3 Å². The zero-order valence-corrected chi connectivity index (χ0v) is 17.6. The molecule has 0 aliphatic carbocycles. The Labute approximate surface area is 173 Å². The van der Waals surface area contributed by atoms with Gasteiger partial charge in [-0.15, -0.1) is 0 Å². The lowest BCUT2D eigenvalue weighted by atomic mass is 10.0. The maximum atomic E-state index is 12.7. The number of carbonyl (C=O) groups is 2. The van der Waals surface area contributed by atoms with Gasteiger partial charge in [0.05, 0.1) is 6.54 Å². The Balaban J connectivity index is 1.50. The average Bonchev–Trinajstić information content (AvgIpc) is 2.74. The van der Waals surface area contributed by atoms with E-state index in [4.69, 9.17) is 0 Å². The van der Waals surface area contributed by atoms with Gasteiger partial charge in [0.25, 0.3) is 5.91 Å². The maximum Gasteiger partial charge on any atom is 0.253 e. The lowest BCUT2D eigenvalue weighted by Crippen LogP contribution is -2.50. The molecule has 1 N–H and O–H groups in total. The highest BCUT2D eigenvalue weighted by molar-refractivity contribution is 5.94. The Morgan fingerprint density at radius 1 is 0.966 bits per heavy atom. The van der Waals surface area contributed by atoms with Gasteiger partial charge >= 0.3 is 0 Å². The molecule has 2 aromatic carbocycles. The SMILES string of the molecule is CCc1ccc(C(=O)N2CCN(CC(=O)Nc3ccccc3C(C)C)CC2)cc1. The first kappa shape index (κ1) is 21.1. The third-order valence-electron chi connectivity index (χ3n) is 5.49. The van der Waals surface area contributed by atoms with E-state index in [1.54, 1.807) is 0 Å². The van der Waals surface area contributed by atoms with Gasteiger partial charge in [-0.3, -0.25) is 14.5 Å². The van der Waals surface area contributed by atoms with Crippen LogP contribution >= 0.6 is 0 Å². The highest BCUT2D eigenvalue weighted by atomic mass is 16.2. The zero-order valence-electron chi connectivity index (χ0n) is 17.6. The molecule has 0 atom stereocenters. The second-order valence-electron chi connectivity index (χ2n) is 7.91. The molecular formula is C24H31N3O2. The van der Waals surface area contributed by atoms with Gasteiger partial charge in [0, 0.05) is 37.4 Å². The van der Waals surface area contributed by atoms with E-state index in [0.717, 1.165) is 23.2 Å². The van der Waals surface area contributed by atoms with E-state index >= 15 is 0 Å². The highest BCUT2D eigenvalue weighted by Crippen LogP contribution is 2.23. The van der Waals surface area contributed by atoms with Gasteiger partial charge in [0.2, 0.25) is 5.91 Å². The summed E-state index contributed by atoms with van der Waals surface area (Å²) in [7, 11) is 0. The Bertz CT molecular complexity index is 837. The maximum absolute atomic E-state index is 12.7. The second kappa shape index (κ2) is 9.70. The molecule has 3 rings (SSSR count). The largest absolute Gasteiger partial charge is 0.336 e. The molecule has 5 heteroatoms. The molecule has 1 aliphatic heterocycles. The van der Waals surface area contributed by atoms with Crippen LogP contribution in [0.1, 0.15) is 48.2 Å². The van der Waals surface area contributed by atoms with E-state index in [1.807, 2.05) is 47.4 Å². The number of rotatable bonds is 6. The van der Waals surface area contributed by atoms with Crippen LogP contribution in [-0.2, 0) is 11.2 Å². The van der Waals surface area contributed by atoms with Gasteiger partial charge in [-0.1, -0.05) is 51.1 Å². The minimum Gasteiger partial charge on any atom is -0.336 e. The summed E-state index contributed by atoms with van der Waals surface area (Å²) in [4.78, 5) is 29.2. The number of amides is 2. The summed E-state index contributed by atoms with van der Waals surface area (Å²) in [6.45, 7) is 9.39. The van der Waals surface area contributed by atoms with Crippen LogP contribution in [0, 0.1) is 0 Å². The van der Waals surface area contributed by atoms with Crippen LogP contribution in [0.5, 0.6) is 0 Å². The monoisotopic (exact) mass is 393 g/mol. The number of piperazine rings is 1. The summed E-state index contributed by atoms with van der Waals surface area (Å²) >= 11 is 0. The Morgan fingerprint density at radius 3 is 2.24 bits per heavy atom. The van der Waals surface area contributed by atoms with E-state index in [9.17, 15) is 9.59 Å². The lowest BCUT2D eigenvalue weighted by molar-refractivity contribution is -0.117. The van der Waals surface area contributed by atoms with Crippen molar-refractivity contribution in [3.05, 3.63) is 65.2 Å². The standard InChI is InChI=1S/C24H31N3O2/c1-4-19-9-11-20(12-10-19)24(29)27-15-13-26(14-16-27)17-23(28)25-22-8-6-5-7-21(22)18(2)3/h5-12,18H,4,13-17H2,1-3H3,(H,25,28). The fourth-order valence-corrected chi connectivity index (χ4v) is 3.68. The number of para-hydroxylation sites is 1. The third kappa shape index (κ3) is 5.45. The van der Waals surface area contributed by atoms with Gasteiger partial charge < -0.3 is 10.2 Å². The topological polar surface area (TPSA) is 52.7 Å².